The Bertz CT molecular complexity index is 991. The number of likely N-dealkylation sites (N-methyl/N-ethyl adjacent to an activating group) is 1. The Balaban J connectivity index is 4.40. The maximum Gasteiger partial charge on any atom is 0.472 e. The van der Waals surface area contributed by atoms with Crippen LogP contribution in [0.15, 0.2) is 36.5 Å². The van der Waals surface area contributed by atoms with Crippen LogP contribution in [-0.4, -0.2) is 74.9 Å². The predicted molar refractivity (Wildman–Crippen MR) is 215 cm³/mol. The second-order valence-electron chi connectivity index (χ2n) is 15.0. The molecule has 0 amide bonds. The van der Waals surface area contributed by atoms with Gasteiger partial charge < -0.3 is 18.9 Å². The third kappa shape index (κ3) is 38.0. The lowest BCUT2D eigenvalue weighted by atomic mass is 10.1. The molecule has 1 N–H and O–H groups in total. The number of allylic oxidation sites excluding steroid dienone is 6. The first-order valence-electron chi connectivity index (χ1n) is 20.7. The lowest BCUT2D eigenvalue weighted by Gasteiger charge is -2.24. The predicted octanol–water partition coefficient (Wildman–Crippen LogP) is 11.4. The molecule has 0 rings (SSSR count). The van der Waals surface area contributed by atoms with Gasteiger partial charge in [-0.05, 0) is 64.2 Å². The third-order valence-corrected chi connectivity index (χ3v) is 9.63. The van der Waals surface area contributed by atoms with E-state index in [2.05, 4.69) is 50.3 Å². The number of phosphoric ester groups is 1. The van der Waals surface area contributed by atoms with Crippen LogP contribution >= 0.6 is 7.82 Å². The van der Waals surface area contributed by atoms with Gasteiger partial charge in [0.25, 0.3) is 0 Å². The van der Waals surface area contributed by atoms with Crippen LogP contribution in [0.3, 0.4) is 0 Å². The minimum atomic E-state index is -4.37. The summed E-state index contributed by atoms with van der Waals surface area (Å²) in [5.41, 5.74) is 0. The van der Waals surface area contributed by atoms with Gasteiger partial charge in [-0.2, -0.15) is 0 Å². The summed E-state index contributed by atoms with van der Waals surface area (Å²) in [7, 11) is 1.46. The number of hydrogen-bond donors (Lipinski definition) is 1. The summed E-state index contributed by atoms with van der Waals surface area (Å²) >= 11 is 0. The largest absolute Gasteiger partial charge is 0.472 e. The number of unbranched alkanes of at least 4 members (excludes halogenated alkanes) is 17. The fraction of sp³-hybridized carbons (Fsp3) is 0.810. The molecule has 0 aromatic heterocycles. The molecule has 52 heavy (non-hydrogen) atoms. The number of esters is 2. The molecule has 10 heteroatoms. The standard InChI is InChI=1S/C42H78NO8P/c1-6-8-10-12-14-16-18-19-20-21-22-23-25-27-29-31-33-35-42(45)51-40(39-50-52(46,47)49-37-36-43(3,4)5)38-48-41(44)34-32-30-28-26-24-17-15-13-11-9-7-2/h13-16,19-20,40H,6-12,17-18,21-39H2,1-5H3/p+1/b15-13+,16-14+,20-19+/t40-/m1/s1. The molecular weight excluding hydrogens is 677 g/mol. The Morgan fingerprint density at radius 3 is 1.60 bits per heavy atom. The van der Waals surface area contributed by atoms with Crippen LogP contribution in [-0.2, 0) is 32.7 Å². The van der Waals surface area contributed by atoms with Gasteiger partial charge >= 0.3 is 19.8 Å². The Hall–Kier alpha value is -1.77. The molecule has 0 saturated heterocycles. The molecule has 0 aliphatic heterocycles. The van der Waals surface area contributed by atoms with E-state index >= 15 is 0 Å². The molecule has 0 spiro atoms. The van der Waals surface area contributed by atoms with Gasteiger partial charge in [0.15, 0.2) is 6.10 Å². The van der Waals surface area contributed by atoms with Crippen molar-refractivity contribution in [3.63, 3.8) is 0 Å². The summed E-state index contributed by atoms with van der Waals surface area (Å²) in [5, 5.41) is 0. The highest BCUT2D eigenvalue weighted by atomic mass is 31.2. The molecule has 0 aliphatic rings. The van der Waals surface area contributed by atoms with Gasteiger partial charge in [-0.15, -0.1) is 0 Å². The highest BCUT2D eigenvalue weighted by molar-refractivity contribution is 7.47. The van der Waals surface area contributed by atoms with Crippen molar-refractivity contribution in [2.45, 2.75) is 174 Å². The van der Waals surface area contributed by atoms with E-state index in [9.17, 15) is 19.0 Å². The highest BCUT2D eigenvalue weighted by Crippen LogP contribution is 2.43. The Kier molecular flexibility index (Phi) is 33.8. The van der Waals surface area contributed by atoms with Crippen molar-refractivity contribution in [1.82, 2.24) is 0 Å². The van der Waals surface area contributed by atoms with E-state index in [0.29, 0.717) is 17.4 Å². The topological polar surface area (TPSA) is 108 Å². The summed E-state index contributed by atoms with van der Waals surface area (Å²) in [6.45, 7) is 4.33. The van der Waals surface area contributed by atoms with Gasteiger partial charge in [0.05, 0.1) is 27.7 Å². The highest BCUT2D eigenvalue weighted by Gasteiger charge is 2.27. The second kappa shape index (κ2) is 35.0. The van der Waals surface area contributed by atoms with Gasteiger partial charge in [-0.25, -0.2) is 4.57 Å². The normalized spacial score (nSPS) is 14.0. The molecule has 0 aromatic rings. The molecule has 0 saturated carbocycles. The van der Waals surface area contributed by atoms with Crippen LogP contribution in [0, 0.1) is 0 Å². The Morgan fingerprint density at radius 2 is 1.06 bits per heavy atom. The van der Waals surface area contributed by atoms with Crippen LogP contribution in [0.2, 0.25) is 0 Å². The van der Waals surface area contributed by atoms with Crippen molar-refractivity contribution in [3.05, 3.63) is 36.5 Å². The lowest BCUT2D eigenvalue weighted by molar-refractivity contribution is -0.870. The number of carbonyl (C=O) groups excluding carboxylic acids is 2. The number of carbonyl (C=O) groups is 2. The minimum absolute atomic E-state index is 0.0283. The summed E-state index contributed by atoms with van der Waals surface area (Å²) in [6, 6.07) is 0. The first-order chi connectivity index (χ1) is 25.0. The number of quaternary nitrogens is 1. The zero-order valence-corrected chi connectivity index (χ0v) is 34.9. The van der Waals surface area contributed by atoms with Gasteiger partial charge in [-0.1, -0.05) is 127 Å². The fourth-order valence-electron chi connectivity index (χ4n) is 5.32. The molecule has 0 aromatic carbocycles. The molecule has 0 heterocycles. The van der Waals surface area contributed by atoms with Crippen molar-refractivity contribution < 1.29 is 42.1 Å². The van der Waals surface area contributed by atoms with E-state index in [1.54, 1.807) is 0 Å². The molecule has 0 bridgehead atoms. The summed E-state index contributed by atoms with van der Waals surface area (Å²) in [5.74, 6) is -0.821. The SMILES string of the molecule is CCCC/C=C/CCCCCCCC(=O)OC[C@H](COP(=O)(O)OCC[N+](C)(C)C)OC(=O)CCCCCCCCC/C=C/C/C=C/CCCCC. The Labute approximate surface area is 319 Å². The van der Waals surface area contributed by atoms with Crippen molar-refractivity contribution in [3.8, 4) is 0 Å². The first-order valence-corrected chi connectivity index (χ1v) is 22.2. The van der Waals surface area contributed by atoms with Gasteiger partial charge in [0.2, 0.25) is 0 Å². The maximum atomic E-state index is 12.7. The summed E-state index contributed by atoms with van der Waals surface area (Å²) in [6.07, 6.45) is 37.6. The maximum absolute atomic E-state index is 12.7. The molecule has 0 fully saturated rings. The molecule has 0 aliphatic carbocycles. The monoisotopic (exact) mass is 757 g/mol. The lowest BCUT2D eigenvalue weighted by Crippen LogP contribution is -2.37. The van der Waals surface area contributed by atoms with Crippen LogP contribution in [0.25, 0.3) is 0 Å². The number of nitrogens with zero attached hydrogens (tertiary/aromatic N) is 1. The van der Waals surface area contributed by atoms with E-state index in [1.807, 2.05) is 21.1 Å². The average Bonchev–Trinajstić information content (AvgIpc) is 3.09. The van der Waals surface area contributed by atoms with Crippen molar-refractivity contribution in [1.29, 1.82) is 0 Å². The van der Waals surface area contributed by atoms with Crippen LogP contribution in [0.1, 0.15) is 168 Å². The van der Waals surface area contributed by atoms with Crippen LogP contribution in [0.5, 0.6) is 0 Å². The zero-order valence-electron chi connectivity index (χ0n) is 34.0. The zero-order chi connectivity index (χ0) is 38.6. The van der Waals surface area contributed by atoms with E-state index in [0.717, 1.165) is 77.0 Å². The smallest absolute Gasteiger partial charge is 0.462 e. The van der Waals surface area contributed by atoms with Crippen molar-refractivity contribution in [2.24, 2.45) is 0 Å². The van der Waals surface area contributed by atoms with Gasteiger partial charge in [0.1, 0.15) is 19.8 Å². The number of phosphoric acid groups is 1. The van der Waals surface area contributed by atoms with Gasteiger partial charge in [0, 0.05) is 12.8 Å². The van der Waals surface area contributed by atoms with Crippen molar-refractivity contribution >= 4 is 19.8 Å². The van der Waals surface area contributed by atoms with Crippen LogP contribution in [0.4, 0.5) is 0 Å². The minimum Gasteiger partial charge on any atom is -0.462 e. The quantitative estimate of drug-likeness (QED) is 0.0219. The van der Waals surface area contributed by atoms with E-state index in [4.69, 9.17) is 18.5 Å². The second-order valence-corrected chi connectivity index (χ2v) is 16.5. The van der Waals surface area contributed by atoms with Crippen LogP contribution < -0.4 is 0 Å². The summed E-state index contributed by atoms with van der Waals surface area (Å²) < 4.78 is 34.2. The van der Waals surface area contributed by atoms with Crippen molar-refractivity contribution in [2.75, 3.05) is 47.5 Å². The van der Waals surface area contributed by atoms with E-state index in [1.165, 1.54) is 57.8 Å². The third-order valence-electron chi connectivity index (χ3n) is 8.64. The average molecular weight is 757 g/mol. The van der Waals surface area contributed by atoms with Gasteiger partial charge in [-0.3, -0.25) is 18.6 Å². The number of ether oxygens (including phenoxy) is 2. The number of hydrogen-bond acceptors (Lipinski definition) is 7. The van der Waals surface area contributed by atoms with E-state index in [-0.39, 0.29) is 32.0 Å². The molecule has 0 radical (unpaired) electrons. The molecular formula is C42H79NO8P+. The first kappa shape index (κ1) is 50.2. The van der Waals surface area contributed by atoms with E-state index < -0.39 is 26.5 Å². The molecule has 2 atom stereocenters. The molecule has 9 nitrogen and oxygen atoms in total. The number of rotatable bonds is 37. The Morgan fingerprint density at radius 1 is 0.596 bits per heavy atom. The summed E-state index contributed by atoms with van der Waals surface area (Å²) in [4.78, 5) is 35.2. The molecule has 304 valence electrons. The molecule has 1 unspecified atom stereocenters. The fourth-order valence-corrected chi connectivity index (χ4v) is 6.06.